The number of rotatable bonds is 0. The number of carbonyl (C=O) groups is 1. The van der Waals surface area contributed by atoms with E-state index in [4.69, 9.17) is 0 Å². The van der Waals surface area contributed by atoms with Gasteiger partial charge in [0, 0.05) is 12.8 Å². The smallest absolute Gasteiger partial charge is 0.132 e. The van der Waals surface area contributed by atoms with Crippen LogP contribution in [0.4, 0.5) is 0 Å². The van der Waals surface area contributed by atoms with E-state index < -0.39 is 0 Å². The van der Waals surface area contributed by atoms with Gasteiger partial charge in [0.2, 0.25) is 0 Å². The Bertz CT molecular complexity index is 199. The Labute approximate surface area is 87.3 Å². The van der Waals surface area contributed by atoms with Crippen LogP contribution < -0.4 is 0 Å². The van der Waals surface area contributed by atoms with Crippen molar-refractivity contribution in [2.75, 3.05) is 0 Å². The zero-order valence-electron chi connectivity index (χ0n) is 9.19. The molecule has 2 aliphatic carbocycles. The highest BCUT2D eigenvalue weighted by atomic mass is 16.1. The van der Waals surface area contributed by atoms with Crippen LogP contribution >= 0.6 is 0 Å². The van der Waals surface area contributed by atoms with Gasteiger partial charge in [-0.3, -0.25) is 4.79 Å². The molecule has 14 heavy (non-hydrogen) atoms. The van der Waals surface area contributed by atoms with Gasteiger partial charge in [-0.2, -0.15) is 0 Å². The van der Waals surface area contributed by atoms with E-state index >= 15 is 0 Å². The SMILES string of the molecule is O=C1CCCC2(CCCCCC2)CC1. The van der Waals surface area contributed by atoms with Crippen molar-refractivity contribution in [3.05, 3.63) is 0 Å². The van der Waals surface area contributed by atoms with E-state index in [9.17, 15) is 4.79 Å². The van der Waals surface area contributed by atoms with Crippen molar-refractivity contribution >= 4 is 5.78 Å². The molecular formula is C13H22O. The highest BCUT2D eigenvalue weighted by Gasteiger charge is 2.32. The van der Waals surface area contributed by atoms with Crippen molar-refractivity contribution in [3.63, 3.8) is 0 Å². The normalized spacial score (nSPS) is 28.4. The standard InChI is InChI=1S/C13H22O/c14-12-6-5-10-13(11-7-12)8-3-1-2-4-9-13/h1-11H2. The molecule has 0 heterocycles. The summed E-state index contributed by atoms with van der Waals surface area (Å²) in [6.45, 7) is 0. The van der Waals surface area contributed by atoms with Crippen molar-refractivity contribution in [2.24, 2.45) is 5.41 Å². The summed E-state index contributed by atoms with van der Waals surface area (Å²) in [6, 6.07) is 0. The molecule has 0 atom stereocenters. The molecule has 0 unspecified atom stereocenters. The van der Waals surface area contributed by atoms with Crippen LogP contribution in [0.2, 0.25) is 0 Å². The maximum atomic E-state index is 11.4. The summed E-state index contributed by atoms with van der Waals surface area (Å²) in [5.41, 5.74) is 0.586. The van der Waals surface area contributed by atoms with Crippen LogP contribution in [-0.4, -0.2) is 5.78 Å². The van der Waals surface area contributed by atoms with Gasteiger partial charge in [-0.15, -0.1) is 0 Å². The Morgan fingerprint density at radius 3 is 2.07 bits per heavy atom. The van der Waals surface area contributed by atoms with Crippen LogP contribution in [0.3, 0.4) is 0 Å². The molecule has 0 aromatic heterocycles. The van der Waals surface area contributed by atoms with Gasteiger partial charge in [-0.25, -0.2) is 0 Å². The molecule has 1 nitrogen and oxygen atoms in total. The molecule has 0 bridgehead atoms. The number of Topliss-reactive ketones (excluding diaryl/α,β-unsaturated/α-hetero) is 1. The number of hydrogen-bond donors (Lipinski definition) is 0. The second-order valence-corrected chi connectivity index (χ2v) is 5.31. The summed E-state index contributed by atoms with van der Waals surface area (Å²) < 4.78 is 0. The molecule has 0 N–H and O–H groups in total. The predicted octanol–water partition coefficient (Wildman–Crippen LogP) is 3.86. The van der Waals surface area contributed by atoms with Gasteiger partial charge >= 0.3 is 0 Å². The predicted molar refractivity (Wildman–Crippen MR) is 58.2 cm³/mol. The first-order chi connectivity index (χ1) is 6.81. The molecule has 0 aromatic carbocycles. The molecule has 2 aliphatic rings. The zero-order chi connectivity index (χ0) is 9.86. The maximum Gasteiger partial charge on any atom is 0.132 e. The fourth-order valence-electron chi connectivity index (χ4n) is 3.29. The first-order valence-electron chi connectivity index (χ1n) is 6.33. The molecule has 2 rings (SSSR count). The average Bonchev–Trinajstić information content (AvgIpc) is 2.50. The lowest BCUT2D eigenvalue weighted by molar-refractivity contribution is -0.119. The van der Waals surface area contributed by atoms with Gasteiger partial charge in [-0.1, -0.05) is 25.7 Å². The molecule has 0 radical (unpaired) electrons. The van der Waals surface area contributed by atoms with Gasteiger partial charge in [0.05, 0.1) is 0 Å². The highest BCUT2D eigenvalue weighted by Crippen LogP contribution is 2.44. The first kappa shape index (κ1) is 10.2. The monoisotopic (exact) mass is 194 g/mol. The highest BCUT2D eigenvalue weighted by molar-refractivity contribution is 5.78. The van der Waals surface area contributed by atoms with Crippen LogP contribution in [0, 0.1) is 5.41 Å². The third-order valence-corrected chi connectivity index (χ3v) is 4.26. The van der Waals surface area contributed by atoms with Gasteiger partial charge in [0.1, 0.15) is 5.78 Å². The third-order valence-electron chi connectivity index (χ3n) is 4.26. The minimum Gasteiger partial charge on any atom is -0.300 e. The first-order valence-corrected chi connectivity index (χ1v) is 6.33. The zero-order valence-corrected chi connectivity index (χ0v) is 9.19. The van der Waals surface area contributed by atoms with Crippen molar-refractivity contribution in [3.8, 4) is 0 Å². The summed E-state index contributed by atoms with van der Waals surface area (Å²) in [6.07, 6.45) is 13.9. The summed E-state index contributed by atoms with van der Waals surface area (Å²) in [5, 5.41) is 0. The van der Waals surface area contributed by atoms with Crippen LogP contribution in [0.25, 0.3) is 0 Å². The fourth-order valence-corrected chi connectivity index (χ4v) is 3.29. The number of carbonyl (C=O) groups excluding carboxylic acids is 1. The van der Waals surface area contributed by atoms with Crippen LogP contribution in [0.5, 0.6) is 0 Å². The Morgan fingerprint density at radius 2 is 1.36 bits per heavy atom. The fraction of sp³-hybridized carbons (Fsp3) is 0.923. The van der Waals surface area contributed by atoms with E-state index in [2.05, 4.69) is 0 Å². The molecule has 2 saturated carbocycles. The summed E-state index contributed by atoms with van der Waals surface area (Å²) in [7, 11) is 0. The molecule has 1 spiro atoms. The van der Waals surface area contributed by atoms with Gasteiger partial charge in [0.25, 0.3) is 0 Å². The lowest BCUT2D eigenvalue weighted by Gasteiger charge is -2.31. The largest absolute Gasteiger partial charge is 0.300 e. The van der Waals surface area contributed by atoms with E-state index in [0.717, 1.165) is 12.8 Å². The topological polar surface area (TPSA) is 17.1 Å². The van der Waals surface area contributed by atoms with Crippen LogP contribution in [0.15, 0.2) is 0 Å². The van der Waals surface area contributed by atoms with Crippen LogP contribution in [-0.2, 0) is 4.79 Å². The Morgan fingerprint density at radius 1 is 0.714 bits per heavy atom. The Kier molecular flexibility index (Phi) is 3.25. The van der Waals surface area contributed by atoms with Gasteiger partial charge < -0.3 is 0 Å². The molecule has 0 saturated heterocycles. The number of hydrogen-bond acceptors (Lipinski definition) is 1. The van der Waals surface area contributed by atoms with E-state index in [1.165, 1.54) is 57.8 Å². The Balaban J connectivity index is 2.00. The molecule has 0 amide bonds. The van der Waals surface area contributed by atoms with Crippen molar-refractivity contribution in [1.82, 2.24) is 0 Å². The van der Waals surface area contributed by atoms with Gasteiger partial charge in [0.15, 0.2) is 0 Å². The second kappa shape index (κ2) is 4.46. The second-order valence-electron chi connectivity index (χ2n) is 5.31. The molecule has 80 valence electrons. The van der Waals surface area contributed by atoms with E-state index in [0.29, 0.717) is 11.2 Å². The van der Waals surface area contributed by atoms with E-state index in [1.54, 1.807) is 0 Å². The van der Waals surface area contributed by atoms with E-state index in [1.807, 2.05) is 0 Å². The van der Waals surface area contributed by atoms with Crippen LogP contribution in [0.1, 0.15) is 70.6 Å². The summed E-state index contributed by atoms with van der Waals surface area (Å²) in [4.78, 5) is 11.4. The molecule has 0 aromatic rings. The summed E-state index contributed by atoms with van der Waals surface area (Å²) in [5.74, 6) is 0.520. The minimum absolute atomic E-state index is 0.520. The Hall–Kier alpha value is -0.330. The van der Waals surface area contributed by atoms with Gasteiger partial charge in [-0.05, 0) is 37.5 Å². The maximum absolute atomic E-state index is 11.4. The van der Waals surface area contributed by atoms with E-state index in [-0.39, 0.29) is 0 Å². The quantitative estimate of drug-likeness (QED) is 0.572. The van der Waals surface area contributed by atoms with Crippen molar-refractivity contribution in [2.45, 2.75) is 70.6 Å². The van der Waals surface area contributed by atoms with Crippen molar-refractivity contribution < 1.29 is 4.79 Å². The number of ketones is 1. The summed E-state index contributed by atoms with van der Waals surface area (Å²) >= 11 is 0. The molecule has 1 heteroatoms. The lowest BCUT2D eigenvalue weighted by atomic mass is 9.74. The average molecular weight is 194 g/mol. The minimum atomic E-state index is 0.520. The third kappa shape index (κ3) is 2.37. The molecule has 0 aliphatic heterocycles. The van der Waals surface area contributed by atoms with Crippen molar-refractivity contribution in [1.29, 1.82) is 0 Å². The lowest BCUT2D eigenvalue weighted by Crippen LogP contribution is -2.18. The molecule has 2 fully saturated rings. The molecular weight excluding hydrogens is 172 g/mol.